The van der Waals surface area contributed by atoms with E-state index in [-0.39, 0.29) is 6.10 Å². The molecule has 0 aromatic rings. The fourth-order valence-corrected chi connectivity index (χ4v) is 1.23. The van der Waals surface area contributed by atoms with Crippen molar-refractivity contribution in [2.24, 2.45) is 5.92 Å². The van der Waals surface area contributed by atoms with Crippen LogP contribution in [0.4, 0.5) is 0 Å². The number of aliphatic hydroxyl groups is 1. The fourth-order valence-electron chi connectivity index (χ4n) is 1.23. The quantitative estimate of drug-likeness (QED) is 0.643. The van der Waals surface area contributed by atoms with Crippen LogP contribution < -0.4 is 0 Å². The van der Waals surface area contributed by atoms with Crippen LogP contribution in [-0.4, -0.2) is 11.2 Å². The van der Waals surface area contributed by atoms with Crippen LogP contribution in [0.25, 0.3) is 0 Å². The molecule has 0 fully saturated rings. The minimum atomic E-state index is -0.247. The van der Waals surface area contributed by atoms with Gasteiger partial charge in [-0.2, -0.15) is 0 Å². The van der Waals surface area contributed by atoms with E-state index < -0.39 is 0 Å². The molecule has 1 aliphatic rings. The molecule has 1 rings (SSSR count). The molecule has 0 aliphatic heterocycles. The van der Waals surface area contributed by atoms with Crippen LogP contribution in [-0.2, 0) is 0 Å². The van der Waals surface area contributed by atoms with Gasteiger partial charge >= 0.3 is 0 Å². The Morgan fingerprint density at radius 3 is 2.91 bits per heavy atom. The molecule has 1 nitrogen and oxygen atoms in total. The number of rotatable bonds is 2. The van der Waals surface area contributed by atoms with Gasteiger partial charge in [-0.05, 0) is 24.3 Å². The molecule has 11 heavy (non-hydrogen) atoms. The Labute approximate surface area is 68.4 Å². The molecular weight excluding hydrogens is 136 g/mol. The van der Waals surface area contributed by atoms with Crippen LogP contribution >= 0.6 is 0 Å². The zero-order valence-electron chi connectivity index (χ0n) is 7.25. The highest BCUT2D eigenvalue weighted by atomic mass is 16.3. The van der Waals surface area contributed by atoms with Gasteiger partial charge in [0, 0.05) is 0 Å². The monoisotopic (exact) mass is 152 g/mol. The minimum absolute atomic E-state index is 0.247. The van der Waals surface area contributed by atoms with E-state index in [4.69, 9.17) is 5.11 Å². The zero-order valence-corrected chi connectivity index (χ0v) is 7.25. The number of aliphatic hydroxyl groups excluding tert-OH is 1. The smallest absolute Gasteiger partial charge is 0.0758 e. The molecule has 0 aromatic carbocycles. The van der Waals surface area contributed by atoms with Crippen LogP contribution in [0.5, 0.6) is 0 Å². The van der Waals surface area contributed by atoms with Crippen molar-refractivity contribution in [1.82, 2.24) is 0 Å². The Kier molecular flexibility index (Phi) is 2.89. The lowest BCUT2D eigenvalue weighted by molar-refractivity contribution is 0.224. The van der Waals surface area contributed by atoms with E-state index in [1.54, 1.807) is 0 Å². The van der Waals surface area contributed by atoms with E-state index in [2.05, 4.69) is 19.9 Å². The van der Waals surface area contributed by atoms with Crippen LogP contribution in [0, 0.1) is 5.92 Å². The topological polar surface area (TPSA) is 20.2 Å². The molecule has 0 spiro atoms. The van der Waals surface area contributed by atoms with Crippen LogP contribution in [0.1, 0.15) is 26.7 Å². The van der Waals surface area contributed by atoms with Crippen LogP contribution in [0.3, 0.4) is 0 Å². The average Bonchev–Trinajstić information content (AvgIpc) is 2.05. The lowest BCUT2D eigenvalue weighted by atomic mass is 9.93. The molecule has 0 aromatic heterocycles. The Balaban J connectivity index is 2.55. The highest BCUT2D eigenvalue weighted by Crippen LogP contribution is 2.20. The highest BCUT2D eigenvalue weighted by Gasteiger charge is 2.08. The maximum absolute atomic E-state index is 9.15. The van der Waals surface area contributed by atoms with E-state index in [1.165, 1.54) is 12.0 Å². The molecule has 0 saturated heterocycles. The summed E-state index contributed by atoms with van der Waals surface area (Å²) in [5, 5.41) is 9.15. The van der Waals surface area contributed by atoms with Gasteiger partial charge in [-0.1, -0.05) is 32.1 Å². The maximum atomic E-state index is 9.15. The van der Waals surface area contributed by atoms with Crippen LogP contribution in [0.15, 0.2) is 23.8 Å². The second kappa shape index (κ2) is 3.72. The molecule has 62 valence electrons. The number of allylic oxidation sites excluding steroid dienone is 2. The average molecular weight is 152 g/mol. The zero-order chi connectivity index (χ0) is 8.27. The Morgan fingerprint density at radius 1 is 1.73 bits per heavy atom. The first-order valence-electron chi connectivity index (χ1n) is 4.30. The van der Waals surface area contributed by atoms with Crippen molar-refractivity contribution in [2.45, 2.75) is 32.8 Å². The summed E-state index contributed by atoms with van der Waals surface area (Å²) in [5.74, 6) is 0.638. The summed E-state index contributed by atoms with van der Waals surface area (Å²) >= 11 is 0. The Morgan fingerprint density at radius 2 is 2.45 bits per heavy atom. The number of hydrogen-bond donors (Lipinski definition) is 1. The van der Waals surface area contributed by atoms with E-state index in [0.717, 1.165) is 6.42 Å². The normalized spacial score (nSPS) is 26.5. The molecule has 2 atom stereocenters. The predicted octanol–water partition coefficient (Wildman–Crippen LogP) is 2.28. The fraction of sp³-hybridized carbons (Fsp3) is 0.600. The minimum Gasteiger partial charge on any atom is -0.389 e. The Hall–Kier alpha value is -0.560. The van der Waals surface area contributed by atoms with Gasteiger partial charge in [-0.15, -0.1) is 0 Å². The second-order valence-electron chi connectivity index (χ2n) is 3.18. The summed E-state index contributed by atoms with van der Waals surface area (Å²) in [6, 6.07) is 0. The third kappa shape index (κ3) is 2.19. The summed E-state index contributed by atoms with van der Waals surface area (Å²) in [6.45, 7) is 4.40. The van der Waals surface area contributed by atoms with Gasteiger partial charge in [0.25, 0.3) is 0 Å². The largest absolute Gasteiger partial charge is 0.389 e. The van der Waals surface area contributed by atoms with Gasteiger partial charge in [-0.3, -0.25) is 0 Å². The molecule has 0 amide bonds. The van der Waals surface area contributed by atoms with Crippen molar-refractivity contribution in [3.05, 3.63) is 23.8 Å². The third-order valence-electron chi connectivity index (χ3n) is 2.29. The molecule has 1 heteroatoms. The molecule has 2 unspecified atom stereocenters. The molecule has 1 aliphatic carbocycles. The lowest BCUT2D eigenvalue weighted by Crippen LogP contribution is -2.07. The van der Waals surface area contributed by atoms with Crippen LogP contribution in [0.2, 0.25) is 0 Å². The van der Waals surface area contributed by atoms with Crippen molar-refractivity contribution in [1.29, 1.82) is 0 Å². The van der Waals surface area contributed by atoms with Gasteiger partial charge in [0.2, 0.25) is 0 Å². The van der Waals surface area contributed by atoms with Gasteiger partial charge < -0.3 is 5.11 Å². The van der Waals surface area contributed by atoms with E-state index in [9.17, 15) is 0 Å². The SMILES string of the molecule is CCC(C)C1=CCC(O)C=C1. The molecule has 0 radical (unpaired) electrons. The summed E-state index contributed by atoms with van der Waals surface area (Å²) in [4.78, 5) is 0. The summed E-state index contributed by atoms with van der Waals surface area (Å²) in [6.07, 6.45) is 7.77. The van der Waals surface area contributed by atoms with Gasteiger partial charge in [0.05, 0.1) is 6.10 Å². The summed E-state index contributed by atoms with van der Waals surface area (Å²) in [5.41, 5.74) is 1.37. The third-order valence-corrected chi connectivity index (χ3v) is 2.29. The second-order valence-corrected chi connectivity index (χ2v) is 3.18. The van der Waals surface area contributed by atoms with E-state index >= 15 is 0 Å². The van der Waals surface area contributed by atoms with Gasteiger partial charge in [0.15, 0.2) is 0 Å². The number of hydrogen-bond acceptors (Lipinski definition) is 1. The first kappa shape index (κ1) is 8.54. The molecule has 0 saturated carbocycles. The van der Waals surface area contributed by atoms with Crippen molar-refractivity contribution < 1.29 is 5.11 Å². The molecule has 0 heterocycles. The molecule has 0 bridgehead atoms. The van der Waals surface area contributed by atoms with Crippen molar-refractivity contribution in [3.8, 4) is 0 Å². The first-order valence-corrected chi connectivity index (χ1v) is 4.30. The van der Waals surface area contributed by atoms with Gasteiger partial charge in [-0.25, -0.2) is 0 Å². The lowest BCUT2D eigenvalue weighted by Gasteiger charge is -2.15. The van der Waals surface area contributed by atoms with Crippen molar-refractivity contribution in [2.75, 3.05) is 0 Å². The standard InChI is InChI=1S/C10H16O/c1-3-8(2)9-4-6-10(11)7-5-9/h4-6,8,10-11H,3,7H2,1-2H3. The predicted molar refractivity (Wildman–Crippen MR) is 47.3 cm³/mol. The first-order chi connectivity index (χ1) is 5.24. The highest BCUT2D eigenvalue weighted by molar-refractivity contribution is 5.25. The Bertz CT molecular complexity index is 179. The summed E-state index contributed by atoms with van der Waals surface area (Å²) < 4.78 is 0. The van der Waals surface area contributed by atoms with Crippen molar-refractivity contribution >= 4 is 0 Å². The molecular formula is C10H16O. The van der Waals surface area contributed by atoms with Crippen molar-refractivity contribution in [3.63, 3.8) is 0 Å². The van der Waals surface area contributed by atoms with E-state index in [0.29, 0.717) is 5.92 Å². The van der Waals surface area contributed by atoms with E-state index in [1.807, 2.05) is 12.2 Å². The summed E-state index contributed by atoms with van der Waals surface area (Å²) in [7, 11) is 0. The maximum Gasteiger partial charge on any atom is 0.0758 e. The van der Waals surface area contributed by atoms with Gasteiger partial charge in [0.1, 0.15) is 0 Å². The molecule has 1 N–H and O–H groups in total.